The Morgan fingerprint density at radius 3 is 2.59 bits per heavy atom. The van der Waals surface area contributed by atoms with Crippen molar-refractivity contribution in [3.05, 3.63) is 40.5 Å². The van der Waals surface area contributed by atoms with Gasteiger partial charge in [-0.2, -0.15) is 5.10 Å². The number of carbonyl (C=O) groups is 1. The summed E-state index contributed by atoms with van der Waals surface area (Å²) < 4.78 is 0.652. The minimum absolute atomic E-state index is 0.219. The number of hydrogen-bond acceptors (Lipinski definition) is 3. The second-order valence-corrected chi connectivity index (χ2v) is 6.65. The Labute approximate surface area is 138 Å². The van der Waals surface area contributed by atoms with Crippen LogP contribution >= 0.6 is 15.9 Å². The molecule has 0 aliphatic heterocycles. The molecule has 2 rings (SSSR count). The Morgan fingerprint density at radius 2 is 2.05 bits per heavy atom. The third kappa shape index (κ3) is 3.23. The summed E-state index contributed by atoms with van der Waals surface area (Å²) in [6.07, 6.45) is 0. The van der Waals surface area contributed by atoms with Crippen LogP contribution in [0.4, 0.5) is 0 Å². The zero-order valence-electron chi connectivity index (χ0n) is 13.0. The Bertz CT molecular complexity index is 653. The van der Waals surface area contributed by atoms with Crippen LogP contribution in [0, 0.1) is 5.92 Å². The van der Waals surface area contributed by atoms with Crippen molar-refractivity contribution in [3.63, 3.8) is 0 Å². The summed E-state index contributed by atoms with van der Waals surface area (Å²) in [7, 11) is 0. The minimum Gasteiger partial charge on any atom is -0.344 e. The van der Waals surface area contributed by atoms with E-state index in [1.54, 1.807) is 0 Å². The van der Waals surface area contributed by atoms with E-state index < -0.39 is 5.54 Å². The molecule has 0 aliphatic rings. The third-order valence-corrected chi connectivity index (χ3v) is 4.85. The summed E-state index contributed by atoms with van der Waals surface area (Å²) in [5.41, 5.74) is 7.41. The molecule has 1 heterocycles. The van der Waals surface area contributed by atoms with E-state index in [1.165, 1.54) is 0 Å². The van der Waals surface area contributed by atoms with E-state index in [1.807, 2.05) is 51.1 Å². The molecule has 1 aromatic carbocycles. The molecule has 2 aromatic rings. The van der Waals surface area contributed by atoms with Crippen LogP contribution in [0.15, 0.2) is 34.8 Å². The number of aromatic amines is 1. The quantitative estimate of drug-likeness (QED) is 0.762. The number of benzene rings is 1. The van der Waals surface area contributed by atoms with Gasteiger partial charge in [0.25, 0.3) is 5.91 Å². The molecule has 4 N–H and O–H groups in total. The van der Waals surface area contributed by atoms with Gasteiger partial charge >= 0.3 is 0 Å². The van der Waals surface area contributed by atoms with Crippen molar-refractivity contribution in [1.29, 1.82) is 0 Å². The molecule has 1 amide bonds. The smallest absolute Gasteiger partial charge is 0.270 e. The summed E-state index contributed by atoms with van der Waals surface area (Å²) in [6.45, 7) is 6.38. The van der Waals surface area contributed by atoms with Crippen molar-refractivity contribution in [2.24, 2.45) is 11.7 Å². The lowest BCUT2D eigenvalue weighted by Gasteiger charge is -2.33. The average Bonchev–Trinajstić information content (AvgIpc) is 2.89. The zero-order valence-corrected chi connectivity index (χ0v) is 14.6. The van der Waals surface area contributed by atoms with Crippen LogP contribution in [0.25, 0.3) is 11.3 Å². The van der Waals surface area contributed by atoms with Crippen LogP contribution in [0.3, 0.4) is 0 Å². The van der Waals surface area contributed by atoms with Crippen molar-refractivity contribution in [3.8, 4) is 11.3 Å². The van der Waals surface area contributed by atoms with E-state index in [4.69, 9.17) is 5.73 Å². The van der Waals surface area contributed by atoms with E-state index in [-0.39, 0.29) is 11.8 Å². The molecule has 1 aromatic heterocycles. The number of carbonyl (C=O) groups excluding carboxylic acids is 1. The molecule has 0 saturated heterocycles. The van der Waals surface area contributed by atoms with E-state index in [0.717, 1.165) is 5.56 Å². The summed E-state index contributed by atoms with van der Waals surface area (Å²) in [4.78, 5) is 12.5. The molecule has 6 heteroatoms. The fourth-order valence-corrected chi connectivity index (χ4v) is 2.61. The summed E-state index contributed by atoms with van der Waals surface area (Å²) in [6, 6.07) is 9.69. The predicted molar refractivity (Wildman–Crippen MR) is 91.5 cm³/mol. The second kappa shape index (κ2) is 6.62. The lowest BCUT2D eigenvalue weighted by atomic mass is 9.88. The topological polar surface area (TPSA) is 83.8 Å². The lowest BCUT2D eigenvalue weighted by Crippen LogP contribution is -2.55. The number of amides is 1. The van der Waals surface area contributed by atoms with Crippen molar-refractivity contribution >= 4 is 21.8 Å². The standard InChI is InChI=1S/C16H21BrN4O/c1-10(2)16(3,9-18)19-15(22)14-12(17)13(20-21-14)11-7-5-4-6-8-11/h4-8,10H,9,18H2,1-3H3,(H,19,22)(H,20,21). The van der Waals surface area contributed by atoms with Crippen LogP contribution in [0.5, 0.6) is 0 Å². The van der Waals surface area contributed by atoms with Crippen molar-refractivity contribution in [1.82, 2.24) is 15.5 Å². The Kier molecular flexibility index (Phi) is 5.03. The molecule has 0 aliphatic carbocycles. The highest BCUT2D eigenvalue weighted by molar-refractivity contribution is 9.10. The van der Waals surface area contributed by atoms with E-state index >= 15 is 0 Å². The van der Waals surface area contributed by atoms with Crippen LogP contribution in [0.1, 0.15) is 31.3 Å². The number of H-pyrrole nitrogens is 1. The maximum absolute atomic E-state index is 12.5. The van der Waals surface area contributed by atoms with Gasteiger partial charge in [-0.3, -0.25) is 9.89 Å². The summed E-state index contributed by atoms with van der Waals surface area (Å²) in [5, 5.41) is 10.1. The van der Waals surface area contributed by atoms with Crippen LogP contribution < -0.4 is 11.1 Å². The SMILES string of the molecule is CC(C)C(C)(CN)NC(=O)c1[nH]nc(-c2ccccc2)c1Br. The van der Waals surface area contributed by atoms with Gasteiger partial charge in [0.1, 0.15) is 11.4 Å². The number of hydrogen-bond donors (Lipinski definition) is 3. The molecule has 22 heavy (non-hydrogen) atoms. The van der Waals surface area contributed by atoms with E-state index in [9.17, 15) is 4.79 Å². The van der Waals surface area contributed by atoms with Gasteiger partial charge in [-0.05, 0) is 28.8 Å². The second-order valence-electron chi connectivity index (χ2n) is 5.86. The molecule has 0 spiro atoms. The first-order chi connectivity index (χ1) is 10.4. The Hall–Kier alpha value is -1.66. The first-order valence-electron chi connectivity index (χ1n) is 7.21. The molecule has 0 bridgehead atoms. The molecule has 0 radical (unpaired) electrons. The molecule has 1 unspecified atom stereocenters. The highest BCUT2D eigenvalue weighted by Crippen LogP contribution is 2.29. The van der Waals surface area contributed by atoms with Gasteiger partial charge in [0.15, 0.2) is 0 Å². The largest absolute Gasteiger partial charge is 0.344 e. The summed E-state index contributed by atoms with van der Waals surface area (Å²) >= 11 is 3.47. The molecule has 118 valence electrons. The lowest BCUT2D eigenvalue weighted by molar-refractivity contribution is 0.0877. The monoisotopic (exact) mass is 364 g/mol. The number of nitrogens with one attached hydrogen (secondary N) is 2. The molecule has 5 nitrogen and oxygen atoms in total. The van der Waals surface area contributed by atoms with Gasteiger partial charge in [0, 0.05) is 12.1 Å². The van der Waals surface area contributed by atoms with Gasteiger partial charge in [-0.25, -0.2) is 0 Å². The van der Waals surface area contributed by atoms with Crippen LogP contribution in [0.2, 0.25) is 0 Å². The number of rotatable bonds is 5. The summed E-state index contributed by atoms with van der Waals surface area (Å²) in [5.74, 6) is -0.0000493. The molecular formula is C16H21BrN4O. The Morgan fingerprint density at radius 1 is 1.41 bits per heavy atom. The highest BCUT2D eigenvalue weighted by Gasteiger charge is 2.30. The number of nitrogens with zero attached hydrogens (tertiary/aromatic N) is 1. The van der Waals surface area contributed by atoms with E-state index in [0.29, 0.717) is 22.4 Å². The fraction of sp³-hybridized carbons (Fsp3) is 0.375. The first-order valence-corrected chi connectivity index (χ1v) is 8.00. The number of halogens is 1. The molecule has 0 fully saturated rings. The molecular weight excluding hydrogens is 344 g/mol. The van der Waals surface area contributed by atoms with Gasteiger partial charge in [0.05, 0.1) is 10.0 Å². The number of aromatic nitrogens is 2. The first kappa shape index (κ1) is 16.7. The zero-order chi connectivity index (χ0) is 16.3. The van der Waals surface area contributed by atoms with Crippen molar-refractivity contribution < 1.29 is 4.79 Å². The average molecular weight is 365 g/mol. The van der Waals surface area contributed by atoms with Gasteiger partial charge in [-0.1, -0.05) is 44.2 Å². The van der Waals surface area contributed by atoms with Crippen LogP contribution in [-0.4, -0.2) is 28.2 Å². The van der Waals surface area contributed by atoms with Crippen LogP contribution in [-0.2, 0) is 0 Å². The van der Waals surface area contributed by atoms with E-state index in [2.05, 4.69) is 31.4 Å². The maximum atomic E-state index is 12.5. The van der Waals surface area contributed by atoms with Crippen molar-refractivity contribution in [2.45, 2.75) is 26.3 Å². The molecule has 1 atom stereocenters. The maximum Gasteiger partial charge on any atom is 0.270 e. The number of nitrogens with two attached hydrogens (primary N) is 1. The molecule has 0 saturated carbocycles. The Balaban J connectivity index is 2.28. The highest BCUT2D eigenvalue weighted by atomic mass is 79.9. The fourth-order valence-electron chi connectivity index (χ4n) is 2.02. The van der Waals surface area contributed by atoms with Gasteiger partial charge in [-0.15, -0.1) is 0 Å². The van der Waals surface area contributed by atoms with Crippen molar-refractivity contribution in [2.75, 3.05) is 6.54 Å². The van der Waals surface area contributed by atoms with Gasteiger partial charge in [0.2, 0.25) is 0 Å². The predicted octanol–water partition coefficient (Wildman–Crippen LogP) is 2.94. The third-order valence-electron chi connectivity index (χ3n) is 4.08. The van der Waals surface area contributed by atoms with Gasteiger partial charge < -0.3 is 11.1 Å². The minimum atomic E-state index is -0.464. The normalized spacial score (nSPS) is 13.9.